The second kappa shape index (κ2) is 10.8. The molecule has 2 unspecified atom stereocenters. The number of carbonyl (C=O) groups excluding carboxylic acids is 1. The zero-order valence-electron chi connectivity index (χ0n) is 18.8. The summed E-state index contributed by atoms with van der Waals surface area (Å²) in [5, 5.41) is 6.88. The van der Waals surface area contributed by atoms with Gasteiger partial charge in [-0.05, 0) is 32.4 Å². The van der Waals surface area contributed by atoms with Crippen LogP contribution in [-0.4, -0.2) is 80.2 Å². The molecule has 1 aromatic rings. The number of nitrogens with one attached hydrogen (secondary N) is 2. The van der Waals surface area contributed by atoms with E-state index < -0.39 is 0 Å². The molecule has 0 saturated carbocycles. The van der Waals surface area contributed by atoms with Gasteiger partial charge in [0.05, 0.1) is 25.8 Å². The Morgan fingerprint density at radius 2 is 2.03 bits per heavy atom. The Balaban J connectivity index is 1.66. The fraction of sp³-hybridized carbons (Fsp3) is 0.727. The quantitative estimate of drug-likeness (QED) is 0.518. The van der Waals surface area contributed by atoms with Crippen LogP contribution in [0.15, 0.2) is 21.5 Å². The van der Waals surface area contributed by atoms with Crippen molar-refractivity contribution in [2.75, 3.05) is 52.5 Å². The van der Waals surface area contributed by atoms with Gasteiger partial charge in [0.2, 0.25) is 5.91 Å². The standard InChI is InChI=1S/C22H37N5O3/c1-5-23-22(25-18-8-9-27(15-18)21(28)16(2)3)24-14-19(20-7-6-17(4)30-20)26-10-12-29-13-11-26/h6-7,16,18-19H,5,8-15H2,1-4H3,(H2,23,24,25). The third-order valence-electron chi connectivity index (χ3n) is 5.68. The summed E-state index contributed by atoms with van der Waals surface area (Å²) in [6.45, 7) is 14.1. The van der Waals surface area contributed by atoms with Crippen molar-refractivity contribution in [1.29, 1.82) is 0 Å². The number of amides is 1. The maximum absolute atomic E-state index is 12.3. The van der Waals surface area contributed by atoms with Gasteiger partial charge in [-0.3, -0.25) is 14.7 Å². The first-order valence-corrected chi connectivity index (χ1v) is 11.2. The lowest BCUT2D eigenvalue weighted by Crippen LogP contribution is -2.46. The van der Waals surface area contributed by atoms with E-state index in [2.05, 4.69) is 28.5 Å². The highest BCUT2D eigenvalue weighted by molar-refractivity contribution is 5.81. The molecule has 0 bridgehead atoms. The van der Waals surface area contributed by atoms with Gasteiger partial charge in [0.25, 0.3) is 0 Å². The van der Waals surface area contributed by atoms with E-state index in [-0.39, 0.29) is 23.9 Å². The topological polar surface area (TPSA) is 82.3 Å². The normalized spacial score (nSPS) is 21.8. The average Bonchev–Trinajstić information content (AvgIpc) is 3.37. The second-order valence-electron chi connectivity index (χ2n) is 8.40. The van der Waals surface area contributed by atoms with Gasteiger partial charge in [0.1, 0.15) is 11.5 Å². The molecule has 1 amide bonds. The first-order chi connectivity index (χ1) is 14.5. The second-order valence-corrected chi connectivity index (χ2v) is 8.40. The van der Waals surface area contributed by atoms with Gasteiger partial charge in [-0.15, -0.1) is 0 Å². The summed E-state index contributed by atoms with van der Waals surface area (Å²) < 4.78 is 11.5. The number of likely N-dealkylation sites (tertiary alicyclic amines) is 1. The molecule has 2 saturated heterocycles. The Kier molecular flexibility index (Phi) is 8.16. The molecule has 0 spiro atoms. The lowest BCUT2D eigenvalue weighted by molar-refractivity contribution is -0.133. The number of hydrogen-bond donors (Lipinski definition) is 2. The van der Waals surface area contributed by atoms with Crippen molar-refractivity contribution in [3.8, 4) is 0 Å². The minimum Gasteiger partial charge on any atom is -0.465 e. The lowest BCUT2D eigenvalue weighted by atomic mass is 10.1. The molecule has 3 rings (SSSR count). The van der Waals surface area contributed by atoms with Crippen molar-refractivity contribution in [3.63, 3.8) is 0 Å². The molecular formula is C22H37N5O3. The van der Waals surface area contributed by atoms with Crippen LogP contribution >= 0.6 is 0 Å². The molecule has 1 aromatic heterocycles. The molecule has 2 N–H and O–H groups in total. The molecule has 168 valence electrons. The number of furan rings is 1. The molecule has 0 aliphatic carbocycles. The van der Waals surface area contributed by atoms with Crippen LogP contribution < -0.4 is 10.6 Å². The van der Waals surface area contributed by atoms with Crippen molar-refractivity contribution in [2.45, 2.75) is 46.2 Å². The number of carbonyl (C=O) groups is 1. The summed E-state index contributed by atoms with van der Waals surface area (Å²) in [5.74, 6) is 2.92. The predicted molar refractivity (Wildman–Crippen MR) is 118 cm³/mol. The van der Waals surface area contributed by atoms with Gasteiger partial charge < -0.3 is 24.7 Å². The van der Waals surface area contributed by atoms with Crippen LogP contribution in [0.25, 0.3) is 0 Å². The molecule has 2 aliphatic heterocycles. The van der Waals surface area contributed by atoms with Crippen molar-refractivity contribution in [3.05, 3.63) is 23.7 Å². The largest absolute Gasteiger partial charge is 0.465 e. The van der Waals surface area contributed by atoms with Gasteiger partial charge in [0.15, 0.2) is 5.96 Å². The molecule has 3 heterocycles. The van der Waals surface area contributed by atoms with Crippen LogP contribution in [0.3, 0.4) is 0 Å². The Labute approximate surface area is 180 Å². The van der Waals surface area contributed by atoms with E-state index in [1.807, 2.05) is 31.7 Å². The SMILES string of the molecule is CCNC(=NCC(c1ccc(C)o1)N1CCOCC1)NC1CCN(C(=O)C(C)C)C1. The van der Waals surface area contributed by atoms with Gasteiger partial charge in [-0.1, -0.05) is 13.8 Å². The highest BCUT2D eigenvalue weighted by Crippen LogP contribution is 2.24. The van der Waals surface area contributed by atoms with E-state index in [4.69, 9.17) is 14.1 Å². The van der Waals surface area contributed by atoms with Crippen LogP contribution in [0.5, 0.6) is 0 Å². The number of morpholine rings is 1. The minimum atomic E-state index is 0.0386. The molecule has 0 aromatic carbocycles. The summed E-state index contributed by atoms with van der Waals surface area (Å²) in [7, 11) is 0. The number of nitrogens with zero attached hydrogens (tertiary/aromatic N) is 3. The smallest absolute Gasteiger partial charge is 0.225 e. The first kappa shape index (κ1) is 22.6. The maximum atomic E-state index is 12.3. The van der Waals surface area contributed by atoms with Crippen LogP contribution in [0.1, 0.15) is 44.8 Å². The van der Waals surface area contributed by atoms with E-state index >= 15 is 0 Å². The van der Waals surface area contributed by atoms with E-state index in [1.165, 1.54) is 0 Å². The van der Waals surface area contributed by atoms with E-state index in [9.17, 15) is 4.79 Å². The highest BCUT2D eigenvalue weighted by Gasteiger charge is 2.29. The summed E-state index contributed by atoms with van der Waals surface area (Å²) in [6, 6.07) is 4.37. The zero-order valence-corrected chi connectivity index (χ0v) is 18.8. The van der Waals surface area contributed by atoms with Crippen molar-refractivity contribution in [1.82, 2.24) is 20.4 Å². The van der Waals surface area contributed by atoms with Gasteiger partial charge >= 0.3 is 0 Å². The maximum Gasteiger partial charge on any atom is 0.225 e. The highest BCUT2D eigenvalue weighted by atomic mass is 16.5. The summed E-state index contributed by atoms with van der Waals surface area (Å²) in [6.07, 6.45) is 0.938. The number of guanidine groups is 1. The molecule has 0 radical (unpaired) electrons. The monoisotopic (exact) mass is 419 g/mol. The fourth-order valence-electron chi connectivity index (χ4n) is 4.04. The Bertz CT molecular complexity index is 711. The molecular weight excluding hydrogens is 382 g/mol. The number of ether oxygens (including phenoxy) is 1. The number of aryl methyl sites for hydroxylation is 1. The summed E-state index contributed by atoms with van der Waals surface area (Å²) in [5.41, 5.74) is 0. The minimum absolute atomic E-state index is 0.0386. The molecule has 2 atom stereocenters. The number of hydrogen-bond acceptors (Lipinski definition) is 5. The van der Waals surface area contributed by atoms with Crippen LogP contribution in [0.2, 0.25) is 0 Å². The van der Waals surface area contributed by atoms with Crippen LogP contribution in [-0.2, 0) is 9.53 Å². The van der Waals surface area contributed by atoms with Crippen LogP contribution in [0.4, 0.5) is 0 Å². The van der Waals surface area contributed by atoms with E-state index in [0.29, 0.717) is 6.54 Å². The third kappa shape index (κ3) is 5.98. The Hall–Kier alpha value is -2.06. The van der Waals surface area contributed by atoms with Gasteiger partial charge in [-0.2, -0.15) is 0 Å². The van der Waals surface area contributed by atoms with E-state index in [1.54, 1.807) is 0 Å². The lowest BCUT2D eigenvalue weighted by Gasteiger charge is -2.32. The van der Waals surface area contributed by atoms with Crippen LogP contribution in [0, 0.1) is 12.8 Å². The fourth-order valence-corrected chi connectivity index (χ4v) is 4.04. The average molecular weight is 420 g/mol. The third-order valence-corrected chi connectivity index (χ3v) is 5.68. The van der Waals surface area contributed by atoms with E-state index in [0.717, 1.165) is 69.8 Å². The molecule has 30 heavy (non-hydrogen) atoms. The summed E-state index contributed by atoms with van der Waals surface area (Å²) >= 11 is 0. The first-order valence-electron chi connectivity index (χ1n) is 11.2. The molecule has 2 aliphatic rings. The Morgan fingerprint density at radius 1 is 1.27 bits per heavy atom. The Morgan fingerprint density at radius 3 is 2.67 bits per heavy atom. The predicted octanol–water partition coefficient (Wildman–Crippen LogP) is 1.77. The van der Waals surface area contributed by atoms with Gasteiger partial charge in [0, 0.05) is 44.7 Å². The molecule has 2 fully saturated rings. The summed E-state index contributed by atoms with van der Waals surface area (Å²) in [4.78, 5) is 21.5. The zero-order chi connectivity index (χ0) is 21.5. The van der Waals surface area contributed by atoms with Crippen molar-refractivity contribution < 1.29 is 13.9 Å². The van der Waals surface area contributed by atoms with Crippen molar-refractivity contribution >= 4 is 11.9 Å². The number of aliphatic imine (C=N–C) groups is 1. The molecule has 8 nitrogen and oxygen atoms in total. The number of rotatable bonds is 7. The van der Waals surface area contributed by atoms with Crippen molar-refractivity contribution in [2.24, 2.45) is 10.9 Å². The van der Waals surface area contributed by atoms with Gasteiger partial charge in [-0.25, -0.2) is 0 Å². The molecule has 8 heteroatoms.